The molecule has 0 heterocycles. The third-order valence-corrected chi connectivity index (χ3v) is 1.80. The van der Waals surface area contributed by atoms with Crippen LogP contribution in [0.5, 0.6) is 0 Å². The van der Waals surface area contributed by atoms with Crippen molar-refractivity contribution in [3.63, 3.8) is 0 Å². The molecule has 4 N–H and O–H groups in total. The number of benzene rings is 1. The lowest BCUT2D eigenvalue weighted by molar-refractivity contribution is -0.113. The molecule has 0 bridgehead atoms. The molecule has 0 aromatic heterocycles. The average Bonchev–Trinajstić information content (AvgIpc) is 2.07. The first-order chi connectivity index (χ1) is 6.09. The molecule has 0 unspecified atom stereocenters. The minimum Gasteiger partial charge on any atom is -0.398 e. The Balaban J connectivity index is 2.92. The lowest BCUT2D eigenvalue weighted by atomic mass is 10.2. The number of amides is 1. The first-order valence-corrected chi connectivity index (χ1v) is 4.00. The van der Waals surface area contributed by atoms with Crippen LogP contribution in [0, 0.1) is 0 Å². The topological polar surface area (TPSA) is 69.1 Å². The summed E-state index contributed by atoms with van der Waals surface area (Å²) in [5, 5.41) is 0.497. The summed E-state index contributed by atoms with van der Waals surface area (Å²) in [6, 6.07) is 5.08. The maximum Gasteiger partial charge on any atom is 0.241 e. The molecule has 0 saturated heterocycles. The number of halogens is 1. The van der Waals surface area contributed by atoms with Gasteiger partial charge in [-0.3, -0.25) is 4.79 Å². The van der Waals surface area contributed by atoms with Gasteiger partial charge in [0.05, 0.1) is 10.7 Å². The van der Waals surface area contributed by atoms with Crippen molar-refractivity contribution in [2.75, 3.05) is 5.73 Å². The molecule has 4 heteroatoms. The number of carbonyl (C=O) groups is 1. The van der Waals surface area contributed by atoms with Crippen molar-refractivity contribution >= 4 is 29.3 Å². The van der Waals surface area contributed by atoms with Gasteiger partial charge in [-0.2, -0.15) is 0 Å². The van der Waals surface area contributed by atoms with Crippen LogP contribution in [0.15, 0.2) is 24.3 Å². The van der Waals surface area contributed by atoms with Crippen molar-refractivity contribution in [2.45, 2.75) is 0 Å². The van der Waals surface area contributed by atoms with Crippen LogP contribution in [0.2, 0.25) is 5.02 Å². The van der Waals surface area contributed by atoms with Crippen LogP contribution in [0.25, 0.3) is 6.08 Å². The van der Waals surface area contributed by atoms with E-state index in [1.165, 1.54) is 6.08 Å². The highest BCUT2D eigenvalue weighted by atomic mass is 35.5. The molecular weight excluding hydrogens is 188 g/mol. The second-order valence-electron chi connectivity index (χ2n) is 2.52. The van der Waals surface area contributed by atoms with Gasteiger partial charge in [0.25, 0.3) is 0 Å². The van der Waals surface area contributed by atoms with Crippen LogP contribution in [0.1, 0.15) is 5.56 Å². The lowest BCUT2D eigenvalue weighted by Gasteiger charge is -1.98. The van der Waals surface area contributed by atoms with Gasteiger partial charge in [-0.15, -0.1) is 0 Å². The molecule has 1 rings (SSSR count). The van der Waals surface area contributed by atoms with Gasteiger partial charge < -0.3 is 11.5 Å². The highest BCUT2D eigenvalue weighted by Gasteiger charge is 1.95. The monoisotopic (exact) mass is 196 g/mol. The number of primary amides is 1. The Kier molecular flexibility index (Phi) is 2.93. The van der Waals surface area contributed by atoms with E-state index in [0.717, 1.165) is 5.56 Å². The van der Waals surface area contributed by atoms with Crippen molar-refractivity contribution in [3.8, 4) is 0 Å². The minimum absolute atomic E-state index is 0.480. The van der Waals surface area contributed by atoms with Gasteiger partial charge in [-0.1, -0.05) is 17.7 Å². The minimum atomic E-state index is -0.492. The van der Waals surface area contributed by atoms with Crippen molar-refractivity contribution in [1.82, 2.24) is 0 Å². The fourth-order valence-electron chi connectivity index (χ4n) is 0.844. The van der Waals surface area contributed by atoms with Crippen LogP contribution in [0.4, 0.5) is 5.69 Å². The molecule has 1 aromatic rings. The Morgan fingerprint density at radius 1 is 1.46 bits per heavy atom. The molecule has 3 nitrogen and oxygen atoms in total. The van der Waals surface area contributed by atoms with Gasteiger partial charge in [-0.25, -0.2) is 0 Å². The zero-order valence-electron chi connectivity index (χ0n) is 6.83. The van der Waals surface area contributed by atoms with Gasteiger partial charge in [0.1, 0.15) is 0 Å². The van der Waals surface area contributed by atoms with Crippen LogP contribution in [-0.2, 0) is 4.79 Å². The number of carbonyl (C=O) groups excluding carboxylic acids is 1. The molecule has 0 aliphatic carbocycles. The van der Waals surface area contributed by atoms with Crippen LogP contribution in [-0.4, -0.2) is 5.91 Å². The number of anilines is 1. The third-order valence-electron chi connectivity index (χ3n) is 1.46. The van der Waals surface area contributed by atoms with E-state index in [9.17, 15) is 4.79 Å². The largest absolute Gasteiger partial charge is 0.398 e. The second kappa shape index (κ2) is 3.96. The van der Waals surface area contributed by atoms with Gasteiger partial charge in [0, 0.05) is 6.08 Å². The van der Waals surface area contributed by atoms with Crippen LogP contribution < -0.4 is 11.5 Å². The Hall–Kier alpha value is -1.48. The summed E-state index contributed by atoms with van der Waals surface area (Å²) in [6.45, 7) is 0. The molecule has 0 aliphatic rings. The van der Waals surface area contributed by atoms with Crippen molar-refractivity contribution in [2.24, 2.45) is 5.73 Å². The highest BCUT2D eigenvalue weighted by molar-refractivity contribution is 6.33. The van der Waals surface area contributed by atoms with E-state index in [-0.39, 0.29) is 0 Å². The smallest absolute Gasteiger partial charge is 0.241 e. The number of nitrogens with two attached hydrogens (primary N) is 2. The Labute approximate surface area is 81.0 Å². The van der Waals surface area contributed by atoms with E-state index >= 15 is 0 Å². The summed E-state index contributed by atoms with van der Waals surface area (Å²) >= 11 is 5.70. The molecule has 0 spiro atoms. The molecule has 0 saturated carbocycles. The van der Waals surface area contributed by atoms with E-state index in [0.29, 0.717) is 10.7 Å². The Morgan fingerprint density at radius 3 is 2.69 bits per heavy atom. The number of rotatable bonds is 2. The number of hydrogen-bond acceptors (Lipinski definition) is 2. The molecule has 1 amide bonds. The standard InChI is InChI=1S/C9H9ClN2O/c10-7-3-1-6(5-8(7)11)2-4-9(12)13/h1-5H,11H2,(H2,12,13). The van der Waals surface area contributed by atoms with Gasteiger partial charge in [-0.05, 0) is 23.8 Å². The van der Waals surface area contributed by atoms with E-state index in [4.69, 9.17) is 23.1 Å². The van der Waals surface area contributed by atoms with Gasteiger partial charge in [0.2, 0.25) is 5.91 Å². The predicted molar refractivity (Wildman–Crippen MR) is 54.1 cm³/mol. The fraction of sp³-hybridized carbons (Fsp3) is 0. The molecule has 13 heavy (non-hydrogen) atoms. The summed E-state index contributed by atoms with van der Waals surface area (Å²) in [5.41, 5.74) is 11.7. The first-order valence-electron chi connectivity index (χ1n) is 3.62. The fourth-order valence-corrected chi connectivity index (χ4v) is 0.962. The molecule has 1 aromatic carbocycles. The normalized spacial score (nSPS) is 10.5. The van der Waals surface area contributed by atoms with E-state index in [2.05, 4.69) is 0 Å². The lowest BCUT2D eigenvalue weighted by Crippen LogP contribution is -2.05. The average molecular weight is 197 g/mol. The van der Waals surface area contributed by atoms with E-state index in [1.807, 2.05) is 0 Å². The summed E-state index contributed by atoms with van der Waals surface area (Å²) in [5.74, 6) is -0.492. The third kappa shape index (κ3) is 2.80. The van der Waals surface area contributed by atoms with Crippen LogP contribution >= 0.6 is 11.6 Å². The maximum atomic E-state index is 10.4. The van der Waals surface area contributed by atoms with E-state index < -0.39 is 5.91 Å². The molecule has 68 valence electrons. The summed E-state index contributed by atoms with van der Waals surface area (Å²) < 4.78 is 0. The SMILES string of the molecule is NC(=O)C=Cc1ccc(Cl)c(N)c1. The molecule has 0 radical (unpaired) electrons. The molecular formula is C9H9ClN2O. The quantitative estimate of drug-likeness (QED) is 0.555. The second-order valence-corrected chi connectivity index (χ2v) is 2.92. The Bertz CT molecular complexity index is 361. The van der Waals surface area contributed by atoms with Crippen molar-refractivity contribution < 1.29 is 4.79 Å². The predicted octanol–water partition coefficient (Wildman–Crippen LogP) is 1.42. The zero-order valence-corrected chi connectivity index (χ0v) is 7.58. The summed E-state index contributed by atoms with van der Waals surface area (Å²) in [6.07, 6.45) is 2.84. The van der Waals surface area contributed by atoms with E-state index in [1.54, 1.807) is 24.3 Å². The number of hydrogen-bond donors (Lipinski definition) is 2. The van der Waals surface area contributed by atoms with Crippen molar-refractivity contribution in [3.05, 3.63) is 34.9 Å². The maximum absolute atomic E-state index is 10.4. The van der Waals surface area contributed by atoms with Gasteiger partial charge >= 0.3 is 0 Å². The van der Waals surface area contributed by atoms with Crippen molar-refractivity contribution in [1.29, 1.82) is 0 Å². The summed E-state index contributed by atoms with van der Waals surface area (Å²) in [4.78, 5) is 10.4. The van der Waals surface area contributed by atoms with Gasteiger partial charge in [0.15, 0.2) is 0 Å². The highest BCUT2D eigenvalue weighted by Crippen LogP contribution is 2.19. The first kappa shape index (κ1) is 9.61. The molecule has 0 atom stereocenters. The number of nitrogen functional groups attached to an aromatic ring is 1. The molecule has 0 fully saturated rings. The Morgan fingerprint density at radius 2 is 2.15 bits per heavy atom. The summed E-state index contributed by atoms with van der Waals surface area (Å²) in [7, 11) is 0. The zero-order chi connectivity index (χ0) is 9.84. The van der Waals surface area contributed by atoms with Crippen LogP contribution in [0.3, 0.4) is 0 Å². The molecule has 0 aliphatic heterocycles.